The molecule has 4 aromatic heterocycles. The molecule has 4 heterocycles. The van der Waals surface area contributed by atoms with E-state index in [9.17, 15) is 0 Å². The van der Waals surface area contributed by atoms with E-state index in [1.807, 2.05) is 18.2 Å². The number of rotatable bonds is 3. The number of pyridine rings is 1. The number of nitrogens with one attached hydrogen (secondary N) is 1. The lowest BCUT2D eigenvalue weighted by atomic mass is 10.0. The first-order valence-corrected chi connectivity index (χ1v) is 13.7. The monoisotopic (exact) mass is 526 g/mol. The van der Waals surface area contributed by atoms with Crippen LogP contribution in [0, 0.1) is 0 Å². The molecule has 0 bridgehead atoms. The molecule has 192 valence electrons. The van der Waals surface area contributed by atoms with Crippen molar-refractivity contribution >= 4 is 54.7 Å². The van der Waals surface area contributed by atoms with Gasteiger partial charge in [0.05, 0.1) is 16.6 Å². The van der Waals surface area contributed by atoms with Crippen molar-refractivity contribution in [1.82, 2.24) is 19.5 Å². The molecule has 5 aromatic carbocycles. The van der Waals surface area contributed by atoms with Crippen LogP contribution in [0.5, 0.6) is 0 Å². The smallest absolute Gasteiger partial charge is 0.227 e. The average molecular weight is 527 g/mol. The number of benzene rings is 5. The third kappa shape index (κ3) is 3.29. The maximum absolute atomic E-state index is 6.04. The molecule has 0 aliphatic carbocycles. The molecule has 0 saturated carbocycles. The molecule has 0 fully saturated rings. The van der Waals surface area contributed by atoms with Gasteiger partial charge in [0.2, 0.25) is 5.89 Å². The van der Waals surface area contributed by atoms with Crippen LogP contribution < -0.4 is 0 Å². The van der Waals surface area contributed by atoms with Crippen LogP contribution in [-0.4, -0.2) is 19.5 Å². The van der Waals surface area contributed by atoms with Crippen LogP contribution >= 0.6 is 0 Å². The summed E-state index contributed by atoms with van der Waals surface area (Å²) in [6, 6.07) is 40.4. The average Bonchev–Trinajstić information content (AvgIpc) is 3.73. The van der Waals surface area contributed by atoms with E-state index >= 15 is 0 Å². The highest BCUT2D eigenvalue weighted by molar-refractivity contribution is 6.22. The first kappa shape index (κ1) is 22.2. The minimum Gasteiger partial charge on any atom is -0.436 e. The number of aromatic amines is 1. The molecule has 0 unspecified atom stereocenters. The van der Waals surface area contributed by atoms with E-state index in [-0.39, 0.29) is 0 Å². The molecule has 41 heavy (non-hydrogen) atoms. The summed E-state index contributed by atoms with van der Waals surface area (Å²) in [5.41, 5.74) is 10.5. The van der Waals surface area contributed by atoms with Crippen molar-refractivity contribution in [2.24, 2.45) is 0 Å². The zero-order valence-corrected chi connectivity index (χ0v) is 21.9. The molecule has 9 rings (SSSR count). The summed E-state index contributed by atoms with van der Waals surface area (Å²) in [6.07, 6.45) is 3.50. The Kier molecular flexibility index (Phi) is 4.55. The lowest BCUT2D eigenvalue weighted by molar-refractivity contribution is 0.619. The van der Waals surface area contributed by atoms with Gasteiger partial charge in [-0.1, -0.05) is 66.7 Å². The highest BCUT2D eigenvalue weighted by atomic mass is 16.3. The number of hydrogen-bond acceptors (Lipinski definition) is 3. The van der Waals surface area contributed by atoms with E-state index in [2.05, 4.69) is 112 Å². The van der Waals surface area contributed by atoms with Gasteiger partial charge in [-0.15, -0.1) is 0 Å². The Labute approximate surface area is 234 Å². The van der Waals surface area contributed by atoms with E-state index in [4.69, 9.17) is 9.40 Å². The molecule has 9 aromatic rings. The summed E-state index contributed by atoms with van der Waals surface area (Å²) in [6.45, 7) is 0. The molecular weight excluding hydrogens is 504 g/mol. The summed E-state index contributed by atoms with van der Waals surface area (Å²) < 4.78 is 8.43. The zero-order chi connectivity index (χ0) is 26.9. The van der Waals surface area contributed by atoms with Gasteiger partial charge in [0, 0.05) is 50.7 Å². The number of H-pyrrole nitrogens is 1. The zero-order valence-electron chi connectivity index (χ0n) is 21.9. The molecule has 0 aliphatic heterocycles. The summed E-state index contributed by atoms with van der Waals surface area (Å²) in [4.78, 5) is 12.6. The van der Waals surface area contributed by atoms with Crippen LogP contribution in [0.15, 0.2) is 132 Å². The first-order valence-electron chi connectivity index (χ1n) is 13.7. The quantitative estimate of drug-likeness (QED) is 0.250. The number of hydrogen-bond donors (Lipinski definition) is 1. The highest BCUT2D eigenvalue weighted by Crippen LogP contribution is 2.39. The van der Waals surface area contributed by atoms with Crippen molar-refractivity contribution in [3.63, 3.8) is 0 Å². The second-order valence-corrected chi connectivity index (χ2v) is 10.4. The molecule has 0 spiro atoms. The lowest BCUT2D eigenvalue weighted by Crippen LogP contribution is -1.95. The van der Waals surface area contributed by atoms with Crippen LogP contribution in [0.1, 0.15) is 0 Å². The number of nitrogens with zero attached hydrogens (tertiary/aromatic N) is 3. The van der Waals surface area contributed by atoms with Crippen LogP contribution in [0.2, 0.25) is 0 Å². The Balaban J connectivity index is 1.26. The topological polar surface area (TPSA) is 59.6 Å². The van der Waals surface area contributed by atoms with Gasteiger partial charge in [-0.05, 0) is 59.7 Å². The minimum atomic E-state index is 0.598. The number of oxazole rings is 1. The molecule has 5 heteroatoms. The fourth-order valence-electron chi connectivity index (χ4n) is 6.19. The van der Waals surface area contributed by atoms with Gasteiger partial charge in [0.25, 0.3) is 0 Å². The van der Waals surface area contributed by atoms with Crippen molar-refractivity contribution in [1.29, 1.82) is 0 Å². The highest BCUT2D eigenvalue weighted by Gasteiger charge is 2.18. The van der Waals surface area contributed by atoms with E-state index in [0.717, 1.165) is 44.5 Å². The predicted octanol–water partition coefficient (Wildman–Crippen LogP) is 9.29. The van der Waals surface area contributed by atoms with Crippen molar-refractivity contribution in [3.05, 3.63) is 128 Å². The van der Waals surface area contributed by atoms with Gasteiger partial charge < -0.3 is 14.0 Å². The summed E-state index contributed by atoms with van der Waals surface area (Å²) >= 11 is 0. The molecular formula is C36H22N4O. The van der Waals surface area contributed by atoms with E-state index < -0.39 is 0 Å². The van der Waals surface area contributed by atoms with Gasteiger partial charge in [-0.3, -0.25) is 4.98 Å². The Morgan fingerprint density at radius 2 is 1.41 bits per heavy atom. The Hall–Kier alpha value is -5.68. The van der Waals surface area contributed by atoms with Crippen molar-refractivity contribution in [2.45, 2.75) is 0 Å². The maximum Gasteiger partial charge on any atom is 0.227 e. The Morgan fingerprint density at radius 3 is 2.34 bits per heavy atom. The van der Waals surface area contributed by atoms with Crippen LogP contribution in [0.4, 0.5) is 0 Å². The first-order chi connectivity index (χ1) is 20.3. The summed E-state index contributed by atoms with van der Waals surface area (Å²) in [5.74, 6) is 0.598. The largest absolute Gasteiger partial charge is 0.436 e. The van der Waals surface area contributed by atoms with Crippen LogP contribution in [0.3, 0.4) is 0 Å². The van der Waals surface area contributed by atoms with E-state index in [1.165, 1.54) is 32.6 Å². The third-order valence-corrected chi connectivity index (χ3v) is 8.07. The number of aromatic nitrogens is 4. The Bertz CT molecular complexity index is 2430. The SMILES string of the molecule is c1cc(-c2ccc3oc(-c4ccncc4)nc3c2)cc(-n2c3ccccc3c3ccc4c5ccccc5[nH]c4c32)c1. The number of para-hydroxylation sites is 2. The standard InChI is InChI=1S/C36H22N4O/c1-3-10-30-26(8-1)28-13-14-29-27-9-2-4-11-32(27)40(35(29)34(28)38-30)25-7-5-6-23(20-25)24-12-15-33-31(21-24)39-36(41-33)22-16-18-37-19-17-22/h1-21,38H. The molecule has 0 aliphatic rings. The molecule has 5 nitrogen and oxygen atoms in total. The molecule has 0 saturated heterocycles. The molecule has 0 atom stereocenters. The third-order valence-electron chi connectivity index (χ3n) is 8.07. The maximum atomic E-state index is 6.04. The van der Waals surface area contributed by atoms with E-state index in [1.54, 1.807) is 12.4 Å². The van der Waals surface area contributed by atoms with Gasteiger partial charge in [-0.25, -0.2) is 4.98 Å². The predicted molar refractivity (Wildman–Crippen MR) is 166 cm³/mol. The lowest BCUT2D eigenvalue weighted by Gasteiger charge is -2.11. The Morgan fingerprint density at radius 1 is 0.610 bits per heavy atom. The second kappa shape index (κ2) is 8.41. The fourth-order valence-corrected chi connectivity index (χ4v) is 6.19. The second-order valence-electron chi connectivity index (χ2n) is 10.4. The van der Waals surface area contributed by atoms with Gasteiger partial charge in [0.1, 0.15) is 5.52 Å². The summed E-state index contributed by atoms with van der Waals surface area (Å²) in [7, 11) is 0. The van der Waals surface area contributed by atoms with Crippen molar-refractivity contribution in [3.8, 4) is 28.3 Å². The molecule has 0 amide bonds. The fraction of sp³-hybridized carbons (Fsp3) is 0. The summed E-state index contributed by atoms with van der Waals surface area (Å²) in [5, 5.41) is 4.94. The van der Waals surface area contributed by atoms with Gasteiger partial charge >= 0.3 is 0 Å². The molecule has 0 radical (unpaired) electrons. The van der Waals surface area contributed by atoms with Gasteiger partial charge in [0.15, 0.2) is 5.58 Å². The van der Waals surface area contributed by atoms with E-state index in [0.29, 0.717) is 5.89 Å². The molecule has 1 N–H and O–H groups in total. The van der Waals surface area contributed by atoms with Crippen LogP contribution in [-0.2, 0) is 0 Å². The van der Waals surface area contributed by atoms with Crippen molar-refractivity contribution < 1.29 is 4.42 Å². The normalized spacial score (nSPS) is 11.9. The number of fused-ring (bicyclic) bond motifs is 8. The van der Waals surface area contributed by atoms with Crippen molar-refractivity contribution in [2.75, 3.05) is 0 Å². The van der Waals surface area contributed by atoms with Crippen LogP contribution in [0.25, 0.3) is 83.0 Å². The minimum absolute atomic E-state index is 0.598. The van der Waals surface area contributed by atoms with Gasteiger partial charge in [-0.2, -0.15) is 0 Å².